The van der Waals surface area contributed by atoms with Gasteiger partial charge in [0.05, 0.1) is 7.11 Å². The van der Waals surface area contributed by atoms with E-state index in [0.29, 0.717) is 11.6 Å². The van der Waals surface area contributed by atoms with Crippen LogP contribution in [0.1, 0.15) is 19.8 Å². The van der Waals surface area contributed by atoms with Gasteiger partial charge in [0.2, 0.25) is 17.7 Å². The number of nitrogens with zero attached hydrogens (tertiary/aromatic N) is 3. The highest BCUT2D eigenvalue weighted by Gasteiger charge is 2.25. The zero-order valence-corrected chi connectivity index (χ0v) is 15.4. The Kier molecular flexibility index (Phi) is 5.85. The van der Waals surface area contributed by atoms with Gasteiger partial charge in [-0.1, -0.05) is 0 Å². The van der Waals surface area contributed by atoms with E-state index in [0.717, 1.165) is 37.4 Å². The monoisotopic (exact) mass is 369 g/mol. The highest BCUT2D eigenvalue weighted by Crippen LogP contribution is 2.24. The molecule has 0 radical (unpaired) electrons. The van der Waals surface area contributed by atoms with Crippen LogP contribution in [0.15, 0.2) is 36.4 Å². The standard InChI is InChI=1S/C19H23N5O3/c1-13(25)20-15-3-5-16(6-4-15)21-19(26)14-9-11-24(12-10-14)17-7-8-18(27-2)23-22-17/h3-8,14H,9-12H2,1-2H3,(H,20,25)(H,21,26). The molecule has 0 bridgehead atoms. The lowest BCUT2D eigenvalue weighted by atomic mass is 9.96. The highest BCUT2D eigenvalue weighted by atomic mass is 16.5. The highest BCUT2D eigenvalue weighted by molar-refractivity contribution is 5.93. The van der Waals surface area contributed by atoms with E-state index >= 15 is 0 Å². The lowest BCUT2D eigenvalue weighted by Gasteiger charge is -2.31. The Labute approximate surface area is 157 Å². The number of hydrogen-bond donors (Lipinski definition) is 2. The minimum Gasteiger partial charge on any atom is -0.480 e. The molecule has 1 fully saturated rings. The van der Waals surface area contributed by atoms with Gasteiger partial charge in [-0.15, -0.1) is 10.2 Å². The first-order chi connectivity index (χ1) is 13.0. The van der Waals surface area contributed by atoms with Crippen molar-refractivity contribution in [3.63, 3.8) is 0 Å². The zero-order chi connectivity index (χ0) is 19.2. The van der Waals surface area contributed by atoms with Crippen LogP contribution in [-0.4, -0.2) is 42.2 Å². The normalized spacial score (nSPS) is 14.5. The van der Waals surface area contributed by atoms with E-state index in [9.17, 15) is 9.59 Å². The summed E-state index contributed by atoms with van der Waals surface area (Å²) in [6.07, 6.45) is 1.51. The predicted octanol–water partition coefficient (Wildman–Crippen LogP) is 2.30. The fourth-order valence-corrected chi connectivity index (χ4v) is 3.05. The molecule has 2 amide bonds. The third-order valence-corrected chi connectivity index (χ3v) is 4.50. The number of hydrogen-bond acceptors (Lipinski definition) is 6. The molecule has 1 aromatic carbocycles. The molecule has 1 aliphatic rings. The Morgan fingerprint density at radius 3 is 2.15 bits per heavy atom. The molecular formula is C19H23N5O3. The van der Waals surface area contributed by atoms with E-state index < -0.39 is 0 Å². The van der Waals surface area contributed by atoms with E-state index in [2.05, 4.69) is 25.7 Å². The van der Waals surface area contributed by atoms with Crippen LogP contribution in [0.5, 0.6) is 5.88 Å². The van der Waals surface area contributed by atoms with Crippen molar-refractivity contribution >= 4 is 29.0 Å². The maximum atomic E-state index is 12.5. The van der Waals surface area contributed by atoms with Gasteiger partial charge in [-0.25, -0.2) is 0 Å². The zero-order valence-electron chi connectivity index (χ0n) is 15.4. The SMILES string of the molecule is COc1ccc(N2CCC(C(=O)Nc3ccc(NC(C)=O)cc3)CC2)nn1. The van der Waals surface area contributed by atoms with Gasteiger partial charge in [-0.2, -0.15) is 0 Å². The van der Waals surface area contributed by atoms with Gasteiger partial charge in [0, 0.05) is 43.4 Å². The van der Waals surface area contributed by atoms with Crippen LogP contribution in [0, 0.1) is 5.92 Å². The number of methoxy groups -OCH3 is 1. The van der Waals surface area contributed by atoms with E-state index in [1.54, 1.807) is 37.4 Å². The van der Waals surface area contributed by atoms with Gasteiger partial charge in [0.25, 0.3) is 0 Å². The van der Waals surface area contributed by atoms with Gasteiger partial charge in [-0.05, 0) is 43.2 Å². The van der Waals surface area contributed by atoms with Crippen LogP contribution < -0.4 is 20.3 Å². The molecule has 2 N–H and O–H groups in total. The Balaban J connectivity index is 1.51. The maximum Gasteiger partial charge on any atom is 0.233 e. The summed E-state index contributed by atoms with van der Waals surface area (Å²) in [5, 5.41) is 13.8. The van der Waals surface area contributed by atoms with Crippen LogP contribution >= 0.6 is 0 Å². The van der Waals surface area contributed by atoms with Crippen molar-refractivity contribution < 1.29 is 14.3 Å². The average molecular weight is 369 g/mol. The van der Waals surface area contributed by atoms with Crippen molar-refractivity contribution in [1.82, 2.24) is 10.2 Å². The molecule has 0 unspecified atom stereocenters. The smallest absolute Gasteiger partial charge is 0.233 e. The second-order valence-electron chi connectivity index (χ2n) is 6.44. The number of aromatic nitrogens is 2. The van der Waals surface area contributed by atoms with Gasteiger partial charge in [0.15, 0.2) is 5.82 Å². The number of anilines is 3. The molecule has 0 atom stereocenters. The summed E-state index contributed by atoms with van der Waals surface area (Å²) in [6, 6.07) is 10.8. The molecule has 3 rings (SSSR count). The largest absolute Gasteiger partial charge is 0.480 e. The molecule has 0 saturated carbocycles. The second kappa shape index (κ2) is 8.48. The fourth-order valence-electron chi connectivity index (χ4n) is 3.05. The number of carbonyl (C=O) groups excluding carboxylic acids is 2. The van der Waals surface area contributed by atoms with Crippen molar-refractivity contribution in [2.24, 2.45) is 5.92 Å². The quantitative estimate of drug-likeness (QED) is 0.839. The molecule has 2 aromatic rings. The first-order valence-corrected chi connectivity index (χ1v) is 8.86. The summed E-state index contributed by atoms with van der Waals surface area (Å²) in [5.74, 6) is 1.13. The number of amides is 2. The third-order valence-electron chi connectivity index (χ3n) is 4.50. The molecular weight excluding hydrogens is 346 g/mol. The van der Waals surface area contributed by atoms with E-state index in [4.69, 9.17) is 4.74 Å². The minimum absolute atomic E-state index is 0.0164. The summed E-state index contributed by atoms with van der Waals surface area (Å²) < 4.78 is 5.02. The predicted molar refractivity (Wildman–Crippen MR) is 103 cm³/mol. The molecule has 8 nitrogen and oxygen atoms in total. The summed E-state index contributed by atoms with van der Waals surface area (Å²) in [5.41, 5.74) is 1.42. The van der Waals surface area contributed by atoms with Crippen LogP contribution in [0.3, 0.4) is 0 Å². The minimum atomic E-state index is -0.125. The number of rotatable bonds is 5. The molecule has 1 aliphatic heterocycles. The van der Waals surface area contributed by atoms with Crippen LogP contribution in [0.4, 0.5) is 17.2 Å². The molecule has 2 heterocycles. The number of carbonyl (C=O) groups is 2. The lowest BCUT2D eigenvalue weighted by molar-refractivity contribution is -0.120. The van der Waals surface area contributed by atoms with Gasteiger partial charge < -0.3 is 20.3 Å². The number of benzene rings is 1. The molecule has 0 spiro atoms. The van der Waals surface area contributed by atoms with Crippen LogP contribution in [0.2, 0.25) is 0 Å². The average Bonchev–Trinajstić information content (AvgIpc) is 2.69. The van der Waals surface area contributed by atoms with Crippen molar-refractivity contribution in [1.29, 1.82) is 0 Å². The molecule has 1 saturated heterocycles. The Hall–Kier alpha value is -3.16. The van der Waals surface area contributed by atoms with E-state index in [1.165, 1.54) is 6.92 Å². The van der Waals surface area contributed by atoms with Gasteiger partial charge >= 0.3 is 0 Å². The number of nitrogens with one attached hydrogen (secondary N) is 2. The summed E-state index contributed by atoms with van der Waals surface area (Å²) >= 11 is 0. The second-order valence-corrected chi connectivity index (χ2v) is 6.44. The molecule has 0 aliphatic carbocycles. The third kappa shape index (κ3) is 4.93. The maximum absolute atomic E-state index is 12.5. The van der Waals surface area contributed by atoms with Crippen molar-refractivity contribution in [3.05, 3.63) is 36.4 Å². The molecule has 142 valence electrons. The Morgan fingerprint density at radius 1 is 1.00 bits per heavy atom. The van der Waals surface area contributed by atoms with Crippen molar-refractivity contribution in [2.45, 2.75) is 19.8 Å². The molecule has 1 aromatic heterocycles. The van der Waals surface area contributed by atoms with Gasteiger partial charge in [-0.3, -0.25) is 9.59 Å². The Morgan fingerprint density at radius 2 is 1.63 bits per heavy atom. The van der Waals surface area contributed by atoms with E-state index in [1.807, 2.05) is 6.07 Å². The molecule has 8 heteroatoms. The van der Waals surface area contributed by atoms with E-state index in [-0.39, 0.29) is 17.7 Å². The fraction of sp³-hybridized carbons (Fsp3) is 0.368. The topological polar surface area (TPSA) is 96.5 Å². The van der Waals surface area contributed by atoms with Gasteiger partial charge in [0.1, 0.15) is 0 Å². The molecule has 27 heavy (non-hydrogen) atoms. The summed E-state index contributed by atoms with van der Waals surface area (Å²) in [7, 11) is 1.56. The first-order valence-electron chi connectivity index (χ1n) is 8.86. The van der Waals surface area contributed by atoms with Crippen LogP contribution in [-0.2, 0) is 9.59 Å². The van der Waals surface area contributed by atoms with Crippen molar-refractivity contribution in [2.75, 3.05) is 35.7 Å². The number of ether oxygens (including phenoxy) is 1. The lowest BCUT2D eigenvalue weighted by Crippen LogP contribution is -2.38. The Bertz CT molecular complexity index is 784. The summed E-state index contributed by atoms with van der Waals surface area (Å²) in [4.78, 5) is 25.7. The van der Waals surface area contributed by atoms with Crippen LogP contribution in [0.25, 0.3) is 0 Å². The van der Waals surface area contributed by atoms with Crippen molar-refractivity contribution in [3.8, 4) is 5.88 Å². The first kappa shape index (κ1) is 18.6. The number of piperidine rings is 1. The summed E-state index contributed by atoms with van der Waals surface area (Å²) in [6.45, 7) is 2.96.